The number of anilines is 1. The first kappa shape index (κ1) is 14.6. The molecule has 1 aromatic heterocycles. The second-order valence-electron chi connectivity index (χ2n) is 5.39. The molecule has 0 amide bonds. The Labute approximate surface area is 127 Å². The van der Waals surface area contributed by atoms with Gasteiger partial charge in [-0.3, -0.25) is 0 Å². The van der Waals surface area contributed by atoms with E-state index in [1.54, 1.807) is 17.4 Å². The molecule has 1 heterocycles. The Bertz CT molecular complexity index is 553. The molecule has 0 saturated heterocycles. The minimum Gasteiger partial charge on any atom is -0.378 e. The van der Waals surface area contributed by atoms with Crippen molar-refractivity contribution in [1.29, 1.82) is 0 Å². The van der Waals surface area contributed by atoms with Gasteiger partial charge in [0.15, 0.2) is 0 Å². The molecule has 0 aliphatic carbocycles. The molecule has 1 N–H and O–H groups in total. The maximum atomic E-state index is 5.96. The number of rotatable bonds is 3. The van der Waals surface area contributed by atoms with Gasteiger partial charge in [-0.15, -0.1) is 11.3 Å². The van der Waals surface area contributed by atoms with Crippen molar-refractivity contribution in [2.75, 3.05) is 5.32 Å². The number of benzene rings is 1. The van der Waals surface area contributed by atoms with Crippen LogP contribution in [0, 0.1) is 0 Å². The highest BCUT2D eigenvalue weighted by Gasteiger charge is 2.17. The van der Waals surface area contributed by atoms with E-state index in [1.165, 1.54) is 0 Å². The molecular formula is C14H16Cl2N2S. The van der Waals surface area contributed by atoms with Crippen LogP contribution in [-0.4, -0.2) is 4.98 Å². The monoisotopic (exact) mass is 314 g/mol. The van der Waals surface area contributed by atoms with Crippen LogP contribution in [0.5, 0.6) is 0 Å². The maximum absolute atomic E-state index is 5.96. The Morgan fingerprint density at radius 2 is 1.79 bits per heavy atom. The highest BCUT2D eigenvalue weighted by Crippen LogP contribution is 2.26. The van der Waals surface area contributed by atoms with E-state index in [9.17, 15) is 0 Å². The number of nitrogens with zero attached hydrogens (tertiary/aromatic N) is 1. The molecule has 0 fully saturated rings. The summed E-state index contributed by atoms with van der Waals surface area (Å²) in [4.78, 5) is 4.63. The Hall–Kier alpha value is -0.770. The van der Waals surface area contributed by atoms with E-state index in [2.05, 4.69) is 36.5 Å². The molecule has 2 nitrogen and oxygen atoms in total. The van der Waals surface area contributed by atoms with Crippen LogP contribution in [0.15, 0.2) is 23.6 Å². The fourth-order valence-corrected chi connectivity index (χ4v) is 3.06. The van der Waals surface area contributed by atoms with E-state index in [-0.39, 0.29) is 5.41 Å². The van der Waals surface area contributed by atoms with Crippen molar-refractivity contribution >= 4 is 40.2 Å². The molecule has 0 atom stereocenters. The lowest BCUT2D eigenvalue weighted by atomic mass is 9.93. The van der Waals surface area contributed by atoms with E-state index >= 15 is 0 Å². The van der Waals surface area contributed by atoms with Gasteiger partial charge in [-0.1, -0.05) is 44.0 Å². The lowest BCUT2D eigenvalue weighted by Crippen LogP contribution is -2.11. The third-order valence-corrected chi connectivity index (χ3v) is 3.91. The minimum absolute atomic E-state index is 0.0914. The molecule has 0 radical (unpaired) electrons. The minimum atomic E-state index is 0.0914. The van der Waals surface area contributed by atoms with Gasteiger partial charge in [0.05, 0.1) is 12.2 Å². The van der Waals surface area contributed by atoms with Gasteiger partial charge in [0, 0.05) is 26.5 Å². The van der Waals surface area contributed by atoms with Crippen LogP contribution in [0.25, 0.3) is 0 Å². The molecule has 0 aliphatic rings. The van der Waals surface area contributed by atoms with Crippen molar-refractivity contribution in [1.82, 2.24) is 4.98 Å². The number of aromatic nitrogens is 1. The van der Waals surface area contributed by atoms with E-state index in [1.807, 2.05) is 12.1 Å². The number of hydrogen-bond acceptors (Lipinski definition) is 3. The fraction of sp³-hybridized carbons (Fsp3) is 0.357. The summed E-state index contributed by atoms with van der Waals surface area (Å²) >= 11 is 13.6. The molecule has 5 heteroatoms. The average molecular weight is 315 g/mol. The van der Waals surface area contributed by atoms with E-state index < -0.39 is 0 Å². The normalized spacial score (nSPS) is 11.6. The zero-order valence-corrected chi connectivity index (χ0v) is 13.5. The molecule has 0 unspecified atom stereocenters. The Morgan fingerprint density at radius 1 is 1.16 bits per heavy atom. The van der Waals surface area contributed by atoms with Crippen LogP contribution in [0.3, 0.4) is 0 Å². The zero-order chi connectivity index (χ0) is 14.0. The third kappa shape index (κ3) is 4.10. The van der Waals surface area contributed by atoms with Crippen LogP contribution in [0.1, 0.15) is 31.5 Å². The Balaban J connectivity index is 2.04. The highest BCUT2D eigenvalue weighted by molar-refractivity contribution is 7.09. The van der Waals surface area contributed by atoms with Crippen LogP contribution < -0.4 is 5.32 Å². The van der Waals surface area contributed by atoms with Crippen molar-refractivity contribution in [3.63, 3.8) is 0 Å². The van der Waals surface area contributed by atoms with E-state index in [0.29, 0.717) is 16.6 Å². The second-order valence-corrected chi connectivity index (χ2v) is 7.20. The summed E-state index contributed by atoms with van der Waals surface area (Å²) in [5.41, 5.74) is 2.12. The fourth-order valence-electron chi connectivity index (χ4n) is 1.57. The lowest BCUT2D eigenvalue weighted by Gasteiger charge is -2.14. The third-order valence-electron chi connectivity index (χ3n) is 2.63. The molecule has 0 saturated carbocycles. The van der Waals surface area contributed by atoms with Crippen molar-refractivity contribution in [3.05, 3.63) is 44.3 Å². The van der Waals surface area contributed by atoms with Gasteiger partial charge in [0.2, 0.25) is 0 Å². The van der Waals surface area contributed by atoms with Gasteiger partial charge >= 0.3 is 0 Å². The highest BCUT2D eigenvalue weighted by atomic mass is 35.5. The summed E-state index contributed by atoms with van der Waals surface area (Å²) in [7, 11) is 0. The largest absolute Gasteiger partial charge is 0.378 e. The van der Waals surface area contributed by atoms with Crippen LogP contribution in [0.4, 0.5) is 5.69 Å². The molecule has 0 bridgehead atoms. The van der Waals surface area contributed by atoms with E-state index in [0.717, 1.165) is 16.4 Å². The summed E-state index contributed by atoms with van der Waals surface area (Å²) in [6.45, 7) is 7.17. The maximum Gasteiger partial charge on any atom is 0.112 e. The first-order valence-corrected chi connectivity index (χ1v) is 7.63. The molecule has 1 aromatic carbocycles. The number of halogens is 2. The number of nitrogens with one attached hydrogen (secondary N) is 1. The van der Waals surface area contributed by atoms with Crippen molar-refractivity contribution in [3.8, 4) is 0 Å². The summed E-state index contributed by atoms with van der Waals surface area (Å²) in [6, 6.07) is 5.42. The summed E-state index contributed by atoms with van der Waals surface area (Å²) < 4.78 is 0. The Kier molecular flexibility index (Phi) is 4.39. The average Bonchev–Trinajstić information content (AvgIpc) is 2.73. The van der Waals surface area contributed by atoms with Crippen molar-refractivity contribution < 1.29 is 0 Å². The summed E-state index contributed by atoms with van der Waals surface area (Å²) in [5.74, 6) is 0. The van der Waals surface area contributed by atoms with Gasteiger partial charge in [0.25, 0.3) is 0 Å². The van der Waals surface area contributed by atoms with Gasteiger partial charge in [-0.2, -0.15) is 0 Å². The zero-order valence-electron chi connectivity index (χ0n) is 11.1. The molecule has 19 heavy (non-hydrogen) atoms. The number of thiazole rings is 1. The predicted octanol–water partition coefficient (Wildman–Crippen LogP) is 5.36. The van der Waals surface area contributed by atoms with Gasteiger partial charge in [-0.05, 0) is 18.2 Å². The van der Waals surface area contributed by atoms with Crippen LogP contribution >= 0.6 is 34.5 Å². The molecular weight excluding hydrogens is 299 g/mol. The lowest BCUT2D eigenvalue weighted by molar-refractivity contribution is 0.571. The van der Waals surface area contributed by atoms with Crippen molar-refractivity contribution in [2.24, 2.45) is 0 Å². The first-order chi connectivity index (χ1) is 8.84. The van der Waals surface area contributed by atoms with E-state index in [4.69, 9.17) is 23.2 Å². The van der Waals surface area contributed by atoms with Gasteiger partial charge < -0.3 is 5.32 Å². The van der Waals surface area contributed by atoms with Gasteiger partial charge in [-0.25, -0.2) is 4.98 Å². The van der Waals surface area contributed by atoms with Crippen LogP contribution in [0.2, 0.25) is 10.0 Å². The molecule has 0 spiro atoms. The molecule has 0 aliphatic heterocycles. The predicted molar refractivity (Wildman–Crippen MR) is 84.6 cm³/mol. The molecule has 2 rings (SSSR count). The van der Waals surface area contributed by atoms with Gasteiger partial charge in [0.1, 0.15) is 5.01 Å². The molecule has 102 valence electrons. The second kappa shape index (κ2) is 5.70. The Morgan fingerprint density at radius 3 is 2.32 bits per heavy atom. The van der Waals surface area contributed by atoms with Crippen molar-refractivity contribution in [2.45, 2.75) is 32.7 Å². The van der Waals surface area contributed by atoms with Crippen LogP contribution in [-0.2, 0) is 12.0 Å². The first-order valence-electron chi connectivity index (χ1n) is 5.99. The summed E-state index contributed by atoms with van der Waals surface area (Å²) in [5, 5.41) is 7.71. The SMILES string of the molecule is CC(C)(C)c1csc(CNc2cc(Cl)cc(Cl)c2)n1. The number of hydrogen-bond donors (Lipinski definition) is 1. The molecule has 2 aromatic rings. The topological polar surface area (TPSA) is 24.9 Å². The standard InChI is InChI=1S/C14H16Cl2N2S/c1-14(2,3)12-8-19-13(18-12)7-17-11-5-9(15)4-10(16)6-11/h4-6,8,17H,7H2,1-3H3. The quantitative estimate of drug-likeness (QED) is 0.825. The summed E-state index contributed by atoms with van der Waals surface area (Å²) in [6.07, 6.45) is 0. The smallest absolute Gasteiger partial charge is 0.112 e.